The Labute approximate surface area is 263 Å². The van der Waals surface area contributed by atoms with Crippen LogP contribution in [0.4, 0.5) is 0 Å². The minimum atomic E-state index is -1.31. The van der Waals surface area contributed by atoms with E-state index in [9.17, 15) is 9.59 Å². The number of nitrogens with zero attached hydrogens (tertiary/aromatic N) is 1. The summed E-state index contributed by atoms with van der Waals surface area (Å²) in [7, 11) is 0. The molecule has 0 fully saturated rings. The number of nitrogen functional groups attached to an aromatic ring is 1. The third kappa shape index (κ3) is 9.78. The van der Waals surface area contributed by atoms with Gasteiger partial charge in [0.05, 0.1) is 18.8 Å². The minimum Gasteiger partial charge on any atom is -0.494 e. The average molecular weight is 619 g/mol. The predicted octanol–water partition coefficient (Wildman–Crippen LogP) is 6.19. The lowest BCUT2D eigenvalue weighted by molar-refractivity contribution is -0.142. The normalized spacial score (nSPS) is 11.4. The van der Waals surface area contributed by atoms with Crippen LogP contribution in [0.3, 0.4) is 0 Å². The monoisotopic (exact) mass is 618 g/mol. The number of amidine groups is 1. The minimum absolute atomic E-state index is 0. The Kier molecular flexibility index (Phi) is 14.8. The van der Waals surface area contributed by atoms with E-state index in [4.69, 9.17) is 31.1 Å². The van der Waals surface area contributed by atoms with E-state index in [2.05, 4.69) is 0 Å². The Hall–Kier alpha value is -3.46. The number of hydrogen-bond acceptors (Lipinski definition) is 6. The first-order chi connectivity index (χ1) is 19.7. The highest BCUT2D eigenvalue weighted by Gasteiger charge is 2.46. The van der Waals surface area contributed by atoms with Crippen molar-refractivity contribution in [2.24, 2.45) is 23.3 Å². The summed E-state index contributed by atoms with van der Waals surface area (Å²) in [6.45, 7) is 16.5. The molecule has 2 rings (SSSR count). The maximum absolute atomic E-state index is 13.7. The summed E-state index contributed by atoms with van der Waals surface area (Å²) in [4.78, 5) is 28.3. The van der Waals surface area contributed by atoms with Crippen LogP contribution in [-0.4, -0.2) is 53.4 Å². The van der Waals surface area contributed by atoms with Crippen molar-refractivity contribution in [2.75, 3.05) is 13.2 Å². The van der Waals surface area contributed by atoms with Crippen molar-refractivity contribution in [3.8, 4) is 17.2 Å². The number of carbonyl (C=O) groups is 2. The van der Waals surface area contributed by atoms with E-state index in [1.165, 1.54) is 0 Å². The Morgan fingerprint density at radius 1 is 0.791 bits per heavy atom. The van der Waals surface area contributed by atoms with Gasteiger partial charge in [0, 0.05) is 35.5 Å². The molecule has 0 aliphatic rings. The quantitative estimate of drug-likeness (QED) is 0.110. The number of nitrogens with one attached hydrogen (secondary N) is 1. The highest BCUT2D eigenvalue weighted by molar-refractivity contribution is 5.98. The molecule has 0 spiro atoms. The first kappa shape index (κ1) is 37.6. The van der Waals surface area contributed by atoms with E-state index in [1.54, 1.807) is 47.4 Å². The van der Waals surface area contributed by atoms with Crippen molar-refractivity contribution in [3.63, 3.8) is 0 Å². The fourth-order valence-corrected chi connectivity index (χ4v) is 5.25. The lowest BCUT2D eigenvalue weighted by Crippen LogP contribution is -2.57. The molecule has 0 aromatic heterocycles. The third-order valence-electron chi connectivity index (χ3n) is 7.40. The molecule has 2 aromatic carbocycles. The Morgan fingerprint density at radius 3 is 1.72 bits per heavy atom. The second kappa shape index (κ2) is 17.0. The van der Waals surface area contributed by atoms with Crippen LogP contribution in [0, 0.1) is 17.2 Å². The van der Waals surface area contributed by atoms with Crippen molar-refractivity contribution in [2.45, 2.75) is 92.3 Å². The molecule has 2 aromatic rings. The first-order valence-electron chi connectivity index (χ1n) is 14.9. The van der Waals surface area contributed by atoms with Crippen LogP contribution in [0.5, 0.6) is 17.2 Å². The van der Waals surface area contributed by atoms with Crippen LogP contribution >= 0.6 is 12.4 Å². The molecule has 2 amide bonds. The molecule has 0 saturated carbocycles. The fourth-order valence-electron chi connectivity index (χ4n) is 5.25. The summed E-state index contributed by atoms with van der Waals surface area (Å²) in [5, 5.41) is 7.46. The summed E-state index contributed by atoms with van der Waals surface area (Å²) in [5.74, 6) is 0.390. The van der Waals surface area contributed by atoms with E-state index in [0.717, 1.165) is 25.0 Å². The van der Waals surface area contributed by atoms with Crippen molar-refractivity contribution < 1.29 is 23.8 Å². The molecule has 0 heterocycles. The SMILES string of the molecule is CC(C)N(C(=O)c1ccc(OCCCCCOc2ccc(C(=N)N)cc2)cc1OC(C(N)=O)(C(C)C)C(C)C)C(C)C.Cl. The van der Waals surface area contributed by atoms with Gasteiger partial charge < -0.3 is 30.6 Å². The van der Waals surface area contributed by atoms with E-state index in [-0.39, 0.29) is 53.8 Å². The number of ether oxygens (including phenoxy) is 3. The number of hydrogen-bond donors (Lipinski definition) is 3. The van der Waals surface area contributed by atoms with Gasteiger partial charge in [-0.3, -0.25) is 15.0 Å². The van der Waals surface area contributed by atoms with Gasteiger partial charge in [0.2, 0.25) is 0 Å². The zero-order valence-electron chi connectivity index (χ0n) is 26.9. The zero-order chi connectivity index (χ0) is 31.6. The number of nitrogens with two attached hydrogens (primary N) is 2. The number of rotatable bonds is 17. The summed E-state index contributed by atoms with van der Waals surface area (Å²) >= 11 is 0. The largest absolute Gasteiger partial charge is 0.494 e. The number of unbranched alkanes of at least 4 members (excludes halogenated alkanes) is 2. The van der Waals surface area contributed by atoms with Gasteiger partial charge in [-0.15, -0.1) is 12.4 Å². The second-order valence-corrected chi connectivity index (χ2v) is 11.8. The summed E-state index contributed by atoms with van der Waals surface area (Å²) in [6, 6.07) is 12.3. The van der Waals surface area contributed by atoms with Crippen molar-refractivity contribution >= 4 is 30.1 Å². The Balaban J connectivity index is 0.00000924. The van der Waals surface area contributed by atoms with Gasteiger partial charge >= 0.3 is 0 Å². The number of amides is 2. The maximum atomic E-state index is 13.7. The van der Waals surface area contributed by atoms with Gasteiger partial charge in [-0.1, -0.05) is 27.7 Å². The van der Waals surface area contributed by atoms with Gasteiger partial charge in [0.1, 0.15) is 23.1 Å². The van der Waals surface area contributed by atoms with E-state index < -0.39 is 11.5 Å². The molecule has 0 saturated heterocycles. The average Bonchev–Trinajstić information content (AvgIpc) is 2.90. The van der Waals surface area contributed by atoms with Crippen LogP contribution in [0.2, 0.25) is 0 Å². The Bertz CT molecular complexity index is 1180. The lowest BCUT2D eigenvalue weighted by atomic mass is 9.79. The van der Waals surface area contributed by atoms with Crippen LogP contribution < -0.4 is 25.7 Å². The highest BCUT2D eigenvalue weighted by atomic mass is 35.5. The molecule has 0 atom stereocenters. The van der Waals surface area contributed by atoms with Gasteiger partial charge in [-0.2, -0.15) is 0 Å². The molecule has 0 radical (unpaired) electrons. The van der Waals surface area contributed by atoms with E-state index >= 15 is 0 Å². The van der Waals surface area contributed by atoms with Gasteiger partial charge in [0.15, 0.2) is 5.60 Å². The molecule has 5 N–H and O–H groups in total. The smallest absolute Gasteiger partial charge is 0.262 e. The molecular weight excluding hydrogens is 568 g/mol. The van der Waals surface area contributed by atoms with Crippen molar-refractivity contribution in [1.29, 1.82) is 5.41 Å². The predicted molar refractivity (Wildman–Crippen MR) is 175 cm³/mol. The molecule has 43 heavy (non-hydrogen) atoms. The standard InChI is InChI=1S/C33H50N4O5.ClH/c1-21(2)33(22(3)4,32(36)39)42-29-20-27(16-17-28(29)31(38)37(23(5)6)24(7)8)41-19-11-9-10-18-40-26-14-12-25(13-15-26)30(34)35;/h12-17,20-24H,9-11,18-19H2,1-8H3,(H3,34,35)(H2,36,39);1H. The molecule has 240 valence electrons. The summed E-state index contributed by atoms with van der Waals surface area (Å²) in [6.07, 6.45) is 2.56. The molecule has 0 unspecified atom stereocenters. The van der Waals surface area contributed by atoms with E-state index in [0.29, 0.717) is 30.1 Å². The molecule has 0 aliphatic heterocycles. The van der Waals surface area contributed by atoms with Gasteiger partial charge in [-0.05, 0) is 83.4 Å². The summed E-state index contributed by atoms with van der Waals surface area (Å²) < 4.78 is 18.3. The molecule has 10 heteroatoms. The van der Waals surface area contributed by atoms with Crippen LogP contribution in [0.25, 0.3) is 0 Å². The fraction of sp³-hybridized carbons (Fsp3) is 0.545. The van der Waals surface area contributed by atoms with Gasteiger partial charge in [-0.25, -0.2) is 0 Å². The maximum Gasteiger partial charge on any atom is 0.262 e. The molecule has 0 bridgehead atoms. The number of halogens is 1. The number of benzene rings is 2. The third-order valence-corrected chi connectivity index (χ3v) is 7.40. The van der Waals surface area contributed by atoms with Crippen molar-refractivity contribution in [1.82, 2.24) is 4.90 Å². The lowest BCUT2D eigenvalue weighted by Gasteiger charge is -2.39. The number of carbonyl (C=O) groups excluding carboxylic acids is 2. The van der Waals surface area contributed by atoms with Crippen molar-refractivity contribution in [3.05, 3.63) is 53.6 Å². The second-order valence-electron chi connectivity index (χ2n) is 11.8. The van der Waals surface area contributed by atoms with E-state index in [1.807, 2.05) is 55.4 Å². The topological polar surface area (TPSA) is 141 Å². The van der Waals surface area contributed by atoms with Crippen LogP contribution in [-0.2, 0) is 4.79 Å². The van der Waals surface area contributed by atoms with Crippen LogP contribution in [0.1, 0.15) is 90.6 Å². The molecule has 9 nitrogen and oxygen atoms in total. The number of primary amides is 1. The Morgan fingerprint density at radius 2 is 1.28 bits per heavy atom. The molecule has 0 aliphatic carbocycles. The van der Waals surface area contributed by atoms with Crippen LogP contribution in [0.15, 0.2) is 42.5 Å². The summed E-state index contributed by atoms with van der Waals surface area (Å²) in [5.41, 5.74) is 11.1. The zero-order valence-corrected chi connectivity index (χ0v) is 27.8. The highest BCUT2D eigenvalue weighted by Crippen LogP contribution is 2.36. The molecular formula is C33H51ClN4O5. The first-order valence-corrected chi connectivity index (χ1v) is 14.9. The van der Waals surface area contributed by atoms with Gasteiger partial charge in [0.25, 0.3) is 11.8 Å².